The van der Waals surface area contributed by atoms with Crippen LogP contribution in [0.25, 0.3) is 0 Å². The van der Waals surface area contributed by atoms with E-state index in [2.05, 4.69) is 21.3 Å². The minimum atomic E-state index is -0.255. The second kappa shape index (κ2) is 8.60. The number of hydrogen-bond donors (Lipinski definition) is 4. The fraction of sp³-hybridized carbons (Fsp3) is 0.467. The molecule has 122 valence electrons. The number of amides is 3. The van der Waals surface area contributed by atoms with Gasteiger partial charge in [0.1, 0.15) is 0 Å². The number of rotatable bonds is 5. The van der Waals surface area contributed by atoms with Crippen molar-refractivity contribution in [1.29, 1.82) is 0 Å². The third-order valence-corrected chi connectivity index (χ3v) is 3.66. The Hall–Kier alpha value is -1.79. The number of halogens is 1. The Kier molecular flexibility index (Phi) is 7.14. The minimum absolute atomic E-state index is 0. The van der Waals surface area contributed by atoms with Gasteiger partial charge in [0.05, 0.1) is 0 Å². The van der Waals surface area contributed by atoms with Crippen molar-refractivity contribution in [2.75, 3.05) is 30.3 Å². The zero-order chi connectivity index (χ0) is 15.2. The van der Waals surface area contributed by atoms with Crippen LogP contribution in [0.2, 0.25) is 0 Å². The summed E-state index contributed by atoms with van der Waals surface area (Å²) in [7, 11) is 0. The molecular formula is C15H23ClN4O2. The van der Waals surface area contributed by atoms with E-state index in [0.29, 0.717) is 23.8 Å². The quantitative estimate of drug-likeness (QED) is 0.668. The van der Waals surface area contributed by atoms with Crippen LogP contribution in [0, 0.1) is 11.8 Å². The summed E-state index contributed by atoms with van der Waals surface area (Å²) < 4.78 is 0. The molecule has 1 fully saturated rings. The molecule has 0 bridgehead atoms. The van der Waals surface area contributed by atoms with E-state index in [1.165, 1.54) is 0 Å². The molecule has 1 aliphatic rings. The van der Waals surface area contributed by atoms with E-state index in [9.17, 15) is 9.59 Å². The molecule has 1 saturated heterocycles. The first-order chi connectivity index (χ1) is 10.1. The molecule has 4 N–H and O–H groups in total. The van der Waals surface area contributed by atoms with Gasteiger partial charge in [-0.25, -0.2) is 4.79 Å². The van der Waals surface area contributed by atoms with Crippen LogP contribution in [-0.2, 0) is 4.79 Å². The number of benzene rings is 1. The predicted octanol–water partition coefficient (Wildman–Crippen LogP) is 2.04. The Balaban J connectivity index is 0.00000242. The van der Waals surface area contributed by atoms with Gasteiger partial charge in [-0.2, -0.15) is 0 Å². The van der Waals surface area contributed by atoms with Gasteiger partial charge in [-0.15, -0.1) is 12.4 Å². The van der Waals surface area contributed by atoms with E-state index in [4.69, 9.17) is 0 Å². The van der Waals surface area contributed by atoms with Crippen molar-refractivity contribution in [3.63, 3.8) is 0 Å². The van der Waals surface area contributed by atoms with E-state index in [0.717, 1.165) is 13.1 Å². The third kappa shape index (κ3) is 4.89. The fourth-order valence-corrected chi connectivity index (χ4v) is 2.15. The first-order valence-corrected chi connectivity index (χ1v) is 7.26. The first kappa shape index (κ1) is 18.3. The molecule has 1 heterocycles. The van der Waals surface area contributed by atoms with Crippen molar-refractivity contribution < 1.29 is 9.59 Å². The molecule has 3 amide bonds. The molecule has 1 aliphatic heterocycles. The second-order valence-corrected chi connectivity index (χ2v) is 5.26. The molecule has 0 aromatic heterocycles. The van der Waals surface area contributed by atoms with E-state index < -0.39 is 0 Å². The SMILES string of the molecule is CCNC(=O)Nc1cccc(NC(=O)C(C)C2CNC2)c1.Cl. The van der Waals surface area contributed by atoms with E-state index in [-0.39, 0.29) is 30.3 Å². The van der Waals surface area contributed by atoms with Crippen LogP contribution >= 0.6 is 12.4 Å². The minimum Gasteiger partial charge on any atom is -0.338 e. The number of carbonyl (C=O) groups excluding carboxylic acids is 2. The molecule has 2 rings (SSSR count). The smallest absolute Gasteiger partial charge is 0.319 e. The summed E-state index contributed by atoms with van der Waals surface area (Å²) in [5.74, 6) is 0.393. The molecule has 0 spiro atoms. The van der Waals surface area contributed by atoms with E-state index >= 15 is 0 Å². The topological polar surface area (TPSA) is 82.3 Å². The van der Waals surface area contributed by atoms with Crippen molar-refractivity contribution in [3.8, 4) is 0 Å². The van der Waals surface area contributed by atoms with Gasteiger partial charge < -0.3 is 21.3 Å². The highest BCUT2D eigenvalue weighted by atomic mass is 35.5. The average Bonchev–Trinajstić information content (AvgIpc) is 2.37. The molecule has 0 aliphatic carbocycles. The molecule has 0 radical (unpaired) electrons. The van der Waals surface area contributed by atoms with Gasteiger partial charge in [0, 0.05) is 23.8 Å². The Morgan fingerprint density at radius 1 is 1.27 bits per heavy atom. The summed E-state index contributed by atoms with van der Waals surface area (Å²) in [5.41, 5.74) is 1.34. The van der Waals surface area contributed by atoms with Crippen molar-refractivity contribution in [1.82, 2.24) is 10.6 Å². The van der Waals surface area contributed by atoms with Gasteiger partial charge in [-0.3, -0.25) is 4.79 Å². The van der Waals surface area contributed by atoms with Gasteiger partial charge >= 0.3 is 6.03 Å². The molecule has 0 saturated carbocycles. The summed E-state index contributed by atoms with van der Waals surface area (Å²) in [6, 6.07) is 6.89. The molecule has 1 aromatic carbocycles. The molecular weight excluding hydrogens is 304 g/mol. The number of anilines is 2. The normalized spacial score (nSPS) is 15.0. The lowest BCUT2D eigenvalue weighted by atomic mass is 9.88. The van der Waals surface area contributed by atoms with Crippen LogP contribution in [0.3, 0.4) is 0 Å². The highest BCUT2D eigenvalue weighted by molar-refractivity contribution is 5.94. The van der Waals surface area contributed by atoms with Crippen LogP contribution in [0.1, 0.15) is 13.8 Å². The Bertz CT molecular complexity index is 520. The van der Waals surface area contributed by atoms with Gasteiger partial charge in [0.25, 0.3) is 0 Å². The molecule has 1 atom stereocenters. The zero-order valence-electron chi connectivity index (χ0n) is 12.8. The number of nitrogens with one attached hydrogen (secondary N) is 4. The Morgan fingerprint density at radius 2 is 1.91 bits per heavy atom. The fourth-order valence-electron chi connectivity index (χ4n) is 2.15. The highest BCUT2D eigenvalue weighted by Crippen LogP contribution is 2.20. The van der Waals surface area contributed by atoms with Gasteiger partial charge in [0.15, 0.2) is 0 Å². The molecule has 7 heteroatoms. The monoisotopic (exact) mass is 326 g/mol. The van der Waals surface area contributed by atoms with Crippen molar-refractivity contribution in [2.45, 2.75) is 13.8 Å². The van der Waals surface area contributed by atoms with Crippen LogP contribution in [0.4, 0.5) is 16.2 Å². The molecule has 1 aromatic rings. The lowest BCUT2D eigenvalue weighted by molar-refractivity contribution is -0.121. The second-order valence-electron chi connectivity index (χ2n) is 5.26. The third-order valence-electron chi connectivity index (χ3n) is 3.66. The Morgan fingerprint density at radius 3 is 2.45 bits per heavy atom. The van der Waals surface area contributed by atoms with E-state index in [1.807, 2.05) is 19.9 Å². The van der Waals surface area contributed by atoms with Gasteiger partial charge in [-0.1, -0.05) is 13.0 Å². The van der Waals surface area contributed by atoms with Gasteiger partial charge in [-0.05, 0) is 44.1 Å². The maximum Gasteiger partial charge on any atom is 0.319 e. The molecule has 1 unspecified atom stereocenters. The summed E-state index contributed by atoms with van der Waals surface area (Å²) >= 11 is 0. The van der Waals surface area contributed by atoms with Crippen LogP contribution in [-0.4, -0.2) is 31.6 Å². The van der Waals surface area contributed by atoms with Crippen LogP contribution in [0.5, 0.6) is 0 Å². The summed E-state index contributed by atoms with van der Waals surface area (Å²) in [4.78, 5) is 23.6. The van der Waals surface area contributed by atoms with Crippen molar-refractivity contribution in [2.24, 2.45) is 11.8 Å². The summed E-state index contributed by atoms with van der Waals surface area (Å²) in [6.07, 6.45) is 0. The van der Waals surface area contributed by atoms with E-state index in [1.54, 1.807) is 18.2 Å². The van der Waals surface area contributed by atoms with Crippen LogP contribution < -0.4 is 21.3 Å². The predicted molar refractivity (Wildman–Crippen MR) is 90.5 cm³/mol. The highest BCUT2D eigenvalue weighted by Gasteiger charge is 2.28. The number of carbonyl (C=O) groups is 2. The average molecular weight is 327 g/mol. The first-order valence-electron chi connectivity index (χ1n) is 7.26. The molecule has 22 heavy (non-hydrogen) atoms. The maximum absolute atomic E-state index is 12.1. The van der Waals surface area contributed by atoms with Crippen molar-refractivity contribution in [3.05, 3.63) is 24.3 Å². The summed E-state index contributed by atoms with van der Waals surface area (Å²) in [5, 5.41) is 11.4. The van der Waals surface area contributed by atoms with Crippen molar-refractivity contribution >= 4 is 35.7 Å². The summed E-state index contributed by atoms with van der Waals surface area (Å²) in [6.45, 7) is 6.15. The van der Waals surface area contributed by atoms with Crippen LogP contribution in [0.15, 0.2) is 24.3 Å². The Labute approximate surface area is 136 Å². The number of hydrogen-bond acceptors (Lipinski definition) is 3. The lowest BCUT2D eigenvalue weighted by Gasteiger charge is -2.31. The zero-order valence-corrected chi connectivity index (χ0v) is 13.6. The van der Waals surface area contributed by atoms with Gasteiger partial charge in [0.2, 0.25) is 5.91 Å². The lowest BCUT2D eigenvalue weighted by Crippen LogP contribution is -2.48. The standard InChI is InChI=1S/C15H22N4O2.ClH/c1-3-17-15(21)19-13-6-4-5-12(7-13)18-14(20)10(2)11-8-16-9-11;/h4-7,10-11,16H,3,8-9H2,1-2H3,(H,18,20)(H2,17,19,21);1H. The largest absolute Gasteiger partial charge is 0.338 e. The number of urea groups is 1. The molecule has 6 nitrogen and oxygen atoms in total. The maximum atomic E-state index is 12.1.